The summed E-state index contributed by atoms with van der Waals surface area (Å²) in [4.78, 5) is 23.1. The molecule has 0 radical (unpaired) electrons. The van der Waals surface area contributed by atoms with Crippen LogP contribution in [0.4, 0.5) is 0 Å². The Balaban J connectivity index is 1.41. The van der Waals surface area contributed by atoms with Crippen molar-refractivity contribution in [3.63, 3.8) is 0 Å². The lowest BCUT2D eigenvalue weighted by Gasteiger charge is -2.26. The molecule has 4 rings (SSSR count). The lowest BCUT2D eigenvalue weighted by atomic mass is 9.82. The van der Waals surface area contributed by atoms with E-state index in [1.54, 1.807) is 35.9 Å². The van der Waals surface area contributed by atoms with E-state index in [1.165, 1.54) is 0 Å². The fourth-order valence-corrected chi connectivity index (χ4v) is 4.30. The van der Waals surface area contributed by atoms with Gasteiger partial charge in [-0.1, -0.05) is 0 Å². The summed E-state index contributed by atoms with van der Waals surface area (Å²) in [6, 6.07) is 3.53. The Morgan fingerprint density at radius 1 is 1.48 bits per heavy atom. The Morgan fingerprint density at radius 3 is 3.08 bits per heavy atom. The standard InChI is InChI=1S/C18H21N3O3S/c1-13-20-16(9-25-13)8-24-12-18-10-21(6-15(18)7-23-11-18)17(22)14-2-4-19-5-3-14/h2-5,9,15H,6-8,10-12H2,1H3/t15-,18+/m1/s1. The molecule has 4 heterocycles. The number of likely N-dealkylation sites (tertiary alicyclic amines) is 1. The van der Waals surface area contributed by atoms with Gasteiger partial charge in [0.05, 0.1) is 37.1 Å². The first-order valence-corrected chi connectivity index (χ1v) is 9.30. The van der Waals surface area contributed by atoms with Crippen molar-refractivity contribution >= 4 is 17.2 Å². The maximum absolute atomic E-state index is 12.7. The van der Waals surface area contributed by atoms with Gasteiger partial charge in [0.15, 0.2) is 0 Å². The average Bonchev–Trinajstić information content (AvgIpc) is 3.29. The monoisotopic (exact) mass is 359 g/mol. The number of carbonyl (C=O) groups is 1. The van der Waals surface area contributed by atoms with Gasteiger partial charge in [0.2, 0.25) is 0 Å². The van der Waals surface area contributed by atoms with Gasteiger partial charge in [0, 0.05) is 47.8 Å². The van der Waals surface area contributed by atoms with Crippen molar-refractivity contribution < 1.29 is 14.3 Å². The topological polar surface area (TPSA) is 64.6 Å². The summed E-state index contributed by atoms with van der Waals surface area (Å²) in [5.74, 6) is 0.391. The molecule has 6 nitrogen and oxygen atoms in total. The Kier molecular flexibility index (Phi) is 4.54. The third-order valence-electron chi connectivity index (χ3n) is 5.04. The van der Waals surface area contributed by atoms with Crippen molar-refractivity contribution in [1.82, 2.24) is 14.9 Å². The molecule has 2 fully saturated rings. The van der Waals surface area contributed by atoms with Crippen LogP contribution in [0.5, 0.6) is 0 Å². The van der Waals surface area contributed by atoms with Crippen LogP contribution in [-0.4, -0.2) is 53.7 Å². The number of pyridine rings is 1. The second-order valence-corrected chi connectivity index (χ2v) is 7.91. The zero-order valence-corrected chi connectivity index (χ0v) is 15.0. The van der Waals surface area contributed by atoms with Gasteiger partial charge in [-0.05, 0) is 19.1 Å². The molecule has 7 heteroatoms. The van der Waals surface area contributed by atoms with E-state index in [2.05, 4.69) is 9.97 Å². The summed E-state index contributed by atoms with van der Waals surface area (Å²) in [6.45, 7) is 5.83. The van der Waals surface area contributed by atoms with Gasteiger partial charge in [-0.3, -0.25) is 9.78 Å². The van der Waals surface area contributed by atoms with Crippen LogP contribution in [0.1, 0.15) is 21.1 Å². The number of aryl methyl sites for hydroxylation is 1. The normalized spacial score (nSPS) is 25.3. The maximum Gasteiger partial charge on any atom is 0.253 e. The van der Waals surface area contributed by atoms with Crippen LogP contribution in [0.3, 0.4) is 0 Å². The molecule has 2 aliphatic rings. The number of amides is 1. The minimum absolute atomic E-state index is 0.0614. The van der Waals surface area contributed by atoms with Crippen LogP contribution in [0.15, 0.2) is 29.9 Å². The first-order chi connectivity index (χ1) is 12.2. The van der Waals surface area contributed by atoms with Crippen LogP contribution >= 0.6 is 11.3 Å². The predicted molar refractivity (Wildman–Crippen MR) is 93.4 cm³/mol. The zero-order valence-electron chi connectivity index (χ0n) is 14.2. The van der Waals surface area contributed by atoms with Gasteiger partial charge < -0.3 is 14.4 Å². The summed E-state index contributed by atoms with van der Waals surface area (Å²) in [5, 5.41) is 3.08. The Morgan fingerprint density at radius 2 is 2.32 bits per heavy atom. The minimum atomic E-state index is -0.103. The number of nitrogens with zero attached hydrogens (tertiary/aromatic N) is 3. The van der Waals surface area contributed by atoms with E-state index in [0.717, 1.165) is 17.2 Å². The third kappa shape index (κ3) is 3.31. The molecule has 0 saturated carbocycles. The first-order valence-electron chi connectivity index (χ1n) is 8.42. The van der Waals surface area contributed by atoms with Gasteiger partial charge in [0.1, 0.15) is 0 Å². The highest BCUT2D eigenvalue weighted by atomic mass is 32.1. The van der Waals surface area contributed by atoms with Gasteiger partial charge >= 0.3 is 0 Å². The highest BCUT2D eigenvalue weighted by Gasteiger charge is 2.52. The van der Waals surface area contributed by atoms with Crippen molar-refractivity contribution in [3.8, 4) is 0 Å². The SMILES string of the molecule is Cc1nc(COC[C@]23COC[C@H]2CN(C(=O)c2ccncc2)C3)cs1. The summed E-state index contributed by atoms with van der Waals surface area (Å²) in [7, 11) is 0. The zero-order chi connectivity index (χ0) is 17.3. The van der Waals surface area contributed by atoms with E-state index in [0.29, 0.717) is 44.5 Å². The molecular formula is C18H21N3O3S. The molecule has 2 atom stereocenters. The second-order valence-electron chi connectivity index (χ2n) is 6.85. The van der Waals surface area contributed by atoms with Gasteiger partial charge in [-0.2, -0.15) is 0 Å². The molecular weight excluding hydrogens is 338 g/mol. The largest absolute Gasteiger partial charge is 0.380 e. The van der Waals surface area contributed by atoms with Gasteiger partial charge in [-0.25, -0.2) is 4.98 Å². The average molecular weight is 359 g/mol. The molecule has 1 amide bonds. The van der Waals surface area contributed by atoms with E-state index in [1.807, 2.05) is 17.2 Å². The van der Waals surface area contributed by atoms with Crippen LogP contribution in [0.2, 0.25) is 0 Å². The van der Waals surface area contributed by atoms with Gasteiger partial charge in [0.25, 0.3) is 5.91 Å². The molecule has 0 aromatic carbocycles. The highest BCUT2D eigenvalue weighted by Crippen LogP contribution is 2.42. The van der Waals surface area contributed by atoms with Crippen LogP contribution < -0.4 is 0 Å². The molecule has 25 heavy (non-hydrogen) atoms. The number of carbonyl (C=O) groups excluding carboxylic acids is 1. The molecule has 2 aromatic heterocycles. The van der Waals surface area contributed by atoms with Gasteiger partial charge in [-0.15, -0.1) is 11.3 Å². The quantitative estimate of drug-likeness (QED) is 0.818. The number of rotatable bonds is 5. The molecule has 132 valence electrons. The van der Waals surface area contributed by atoms with Crippen molar-refractivity contribution in [2.24, 2.45) is 11.3 Å². The summed E-state index contributed by atoms with van der Waals surface area (Å²) < 4.78 is 11.7. The Labute approximate surface area is 150 Å². The number of ether oxygens (including phenoxy) is 2. The maximum atomic E-state index is 12.7. The number of fused-ring (bicyclic) bond motifs is 1. The van der Waals surface area contributed by atoms with E-state index in [9.17, 15) is 4.79 Å². The van der Waals surface area contributed by atoms with Crippen molar-refractivity contribution in [2.45, 2.75) is 13.5 Å². The van der Waals surface area contributed by atoms with Crippen molar-refractivity contribution in [3.05, 3.63) is 46.2 Å². The molecule has 2 saturated heterocycles. The second kappa shape index (κ2) is 6.82. The van der Waals surface area contributed by atoms with E-state index in [4.69, 9.17) is 9.47 Å². The number of thiazole rings is 1. The van der Waals surface area contributed by atoms with E-state index < -0.39 is 0 Å². The smallest absolute Gasteiger partial charge is 0.253 e. The Bertz CT molecular complexity index is 751. The number of hydrogen-bond acceptors (Lipinski definition) is 6. The fourth-order valence-electron chi connectivity index (χ4n) is 3.70. The summed E-state index contributed by atoms with van der Waals surface area (Å²) in [6.07, 6.45) is 3.31. The molecule has 0 bridgehead atoms. The minimum Gasteiger partial charge on any atom is -0.380 e. The fraction of sp³-hybridized carbons (Fsp3) is 0.500. The highest BCUT2D eigenvalue weighted by molar-refractivity contribution is 7.09. The molecule has 0 spiro atoms. The van der Waals surface area contributed by atoms with E-state index in [-0.39, 0.29) is 11.3 Å². The molecule has 2 aromatic rings. The lowest BCUT2D eigenvalue weighted by Crippen LogP contribution is -2.37. The van der Waals surface area contributed by atoms with Crippen molar-refractivity contribution in [1.29, 1.82) is 0 Å². The first kappa shape index (κ1) is 16.6. The lowest BCUT2D eigenvalue weighted by molar-refractivity contribution is 0.0176. The molecule has 0 unspecified atom stereocenters. The van der Waals surface area contributed by atoms with Crippen LogP contribution in [0, 0.1) is 18.3 Å². The Hall–Kier alpha value is -1.83. The molecule has 2 aliphatic heterocycles. The number of hydrogen-bond donors (Lipinski definition) is 0. The predicted octanol–water partition coefficient (Wildman–Crippen LogP) is 2.15. The molecule has 0 aliphatic carbocycles. The van der Waals surface area contributed by atoms with Crippen LogP contribution in [-0.2, 0) is 16.1 Å². The summed E-state index contributed by atoms with van der Waals surface area (Å²) >= 11 is 1.63. The number of aromatic nitrogens is 2. The molecule has 0 N–H and O–H groups in total. The summed E-state index contributed by atoms with van der Waals surface area (Å²) in [5.41, 5.74) is 1.55. The van der Waals surface area contributed by atoms with Crippen molar-refractivity contribution in [2.75, 3.05) is 32.9 Å². The third-order valence-corrected chi connectivity index (χ3v) is 5.86. The van der Waals surface area contributed by atoms with E-state index >= 15 is 0 Å². The van der Waals surface area contributed by atoms with Crippen LogP contribution in [0.25, 0.3) is 0 Å².